The first-order valence-corrected chi connectivity index (χ1v) is 9.27. The van der Waals surface area contributed by atoms with Crippen molar-refractivity contribution in [2.45, 2.75) is 62.4 Å². The Bertz CT molecular complexity index is 763. The second-order valence-electron chi connectivity index (χ2n) is 9.39. The van der Waals surface area contributed by atoms with E-state index < -0.39 is 58.0 Å². The van der Waals surface area contributed by atoms with E-state index in [0.29, 0.717) is 24.8 Å². The van der Waals surface area contributed by atoms with Gasteiger partial charge in [-0.2, -0.15) is 0 Å². The minimum atomic E-state index is -1.49. The second-order valence-corrected chi connectivity index (χ2v) is 9.39. The molecule has 9 unspecified atom stereocenters. The Balaban J connectivity index is 1.77. The molecular weight excluding hydrogens is 340 g/mol. The third-order valence-corrected chi connectivity index (χ3v) is 8.66. The van der Waals surface area contributed by atoms with Gasteiger partial charge >= 0.3 is 11.9 Å². The zero-order chi connectivity index (χ0) is 18.9. The van der Waals surface area contributed by atoms with Crippen LogP contribution in [0.3, 0.4) is 0 Å². The van der Waals surface area contributed by atoms with Crippen molar-refractivity contribution in [2.24, 2.45) is 28.6 Å². The second kappa shape index (κ2) is 4.34. The van der Waals surface area contributed by atoms with Gasteiger partial charge in [-0.15, -0.1) is 0 Å². The number of carboxylic acid groups (broad SMARTS) is 1. The molecule has 142 valence electrons. The summed E-state index contributed by atoms with van der Waals surface area (Å²) in [4.78, 5) is 25.2. The molecule has 1 spiro atoms. The van der Waals surface area contributed by atoms with Crippen LogP contribution in [0.1, 0.15) is 39.0 Å². The van der Waals surface area contributed by atoms with Gasteiger partial charge in [0.25, 0.3) is 0 Å². The lowest BCUT2D eigenvalue weighted by atomic mass is 9.59. The molecule has 5 rings (SSSR count). The lowest BCUT2D eigenvalue weighted by Gasteiger charge is -2.47. The molecule has 0 amide bonds. The molecule has 0 aromatic rings. The van der Waals surface area contributed by atoms with E-state index in [0.717, 1.165) is 0 Å². The molecule has 26 heavy (non-hydrogen) atoms. The molecule has 1 saturated heterocycles. The average Bonchev–Trinajstić information content (AvgIpc) is 2.99. The predicted octanol–water partition coefficient (Wildman–Crippen LogP) is 0.222. The number of aliphatic carboxylic acids is 1. The monoisotopic (exact) mass is 364 g/mol. The number of carboxylic acids is 1. The molecule has 7 heteroatoms. The van der Waals surface area contributed by atoms with Crippen LogP contribution in [0.5, 0.6) is 0 Å². The van der Waals surface area contributed by atoms with Crippen LogP contribution in [-0.2, 0) is 14.3 Å². The third-order valence-electron chi connectivity index (χ3n) is 8.66. The number of carbonyl (C=O) groups is 2. The summed E-state index contributed by atoms with van der Waals surface area (Å²) in [5.74, 6) is -3.55. The molecule has 0 aromatic carbocycles. The lowest BCUT2D eigenvalue weighted by molar-refractivity contribution is -0.172. The molecule has 0 radical (unpaired) electrons. The van der Waals surface area contributed by atoms with Gasteiger partial charge in [-0.25, -0.2) is 0 Å². The van der Waals surface area contributed by atoms with E-state index in [-0.39, 0.29) is 18.8 Å². The van der Waals surface area contributed by atoms with Crippen LogP contribution in [0, 0.1) is 28.6 Å². The van der Waals surface area contributed by atoms with Crippen molar-refractivity contribution >= 4 is 11.9 Å². The van der Waals surface area contributed by atoms with E-state index in [9.17, 15) is 30.0 Å². The zero-order valence-corrected chi connectivity index (χ0v) is 14.6. The van der Waals surface area contributed by atoms with Crippen LogP contribution in [-0.4, -0.2) is 55.8 Å². The van der Waals surface area contributed by atoms with Gasteiger partial charge < -0.3 is 25.2 Å². The number of aliphatic hydroxyl groups excluding tert-OH is 2. The van der Waals surface area contributed by atoms with E-state index in [1.54, 1.807) is 6.92 Å². The average molecular weight is 364 g/mol. The molecule has 4 aliphatic carbocycles. The van der Waals surface area contributed by atoms with Crippen LogP contribution in [0.2, 0.25) is 0 Å². The molecule has 9 atom stereocenters. The van der Waals surface area contributed by atoms with Gasteiger partial charge in [0.2, 0.25) is 0 Å². The topological polar surface area (TPSA) is 124 Å². The fourth-order valence-corrected chi connectivity index (χ4v) is 7.62. The van der Waals surface area contributed by atoms with Crippen molar-refractivity contribution in [1.29, 1.82) is 0 Å². The largest absolute Gasteiger partial charge is 0.481 e. The van der Waals surface area contributed by atoms with Crippen molar-refractivity contribution in [1.82, 2.24) is 0 Å². The summed E-state index contributed by atoms with van der Waals surface area (Å²) >= 11 is 0. The van der Waals surface area contributed by atoms with E-state index in [1.165, 1.54) is 0 Å². The normalized spacial score (nSPS) is 59.8. The molecule has 5 aliphatic rings. The van der Waals surface area contributed by atoms with E-state index in [4.69, 9.17) is 4.74 Å². The van der Waals surface area contributed by atoms with Crippen LogP contribution in [0.15, 0.2) is 12.2 Å². The summed E-state index contributed by atoms with van der Waals surface area (Å²) in [5, 5.41) is 42.4. The smallest absolute Gasteiger partial charge is 0.315 e. The van der Waals surface area contributed by atoms with Crippen LogP contribution >= 0.6 is 0 Å². The molecule has 1 aliphatic heterocycles. The summed E-state index contributed by atoms with van der Waals surface area (Å²) in [6.45, 7) is 5.55. The van der Waals surface area contributed by atoms with Crippen molar-refractivity contribution in [3.05, 3.63) is 12.2 Å². The van der Waals surface area contributed by atoms with E-state index >= 15 is 0 Å². The minimum Gasteiger partial charge on any atom is -0.481 e. The SMILES string of the molecule is C=C1CC23CC1(O)C(O)CC2C12CCC(O)C(C)(C(=O)O1)C2C3C(=O)O. The Labute approximate surface area is 150 Å². The summed E-state index contributed by atoms with van der Waals surface area (Å²) in [5.41, 5.74) is -4.12. The lowest BCUT2D eigenvalue weighted by Crippen LogP contribution is -2.54. The van der Waals surface area contributed by atoms with Gasteiger partial charge in [0.1, 0.15) is 11.2 Å². The molecule has 4 saturated carbocycles. The maximum Gasteiger partial charge on any atom is 0.315 e. The number of ether oxygens (including phenoxy) is 1. The van der Waals surface area contributed by atoms with Gasteiger partial charge in [-0.05, 0) is 50.0 Å². The Morgan fingerprint density at radius 1 is 1.31 bits per heavy atom. The number of esters is 1. The Hall–Kier alpha value is -1.44. The molecule has 4 bridgehead atoms. The van der Waals surface area contributed by atoms with Crippen LogP contribution in [0.25, 0.3) is 0 Å². The summed E-state index contributed by atoms with van der Waals surface area (Å²) < 4.78 is 5.90. The Morgan fingerprint density at radius 2 is 2.00 bits per heavy atom. The zero-order valence-electron chi connectivity index (χ0n) is 14.6. The Kier molecular flexibility index (Phi) is 2.79. The third kappa shape index (κ3) is 1.40. The maximum absolute atomic E-state index is 12.7. The summed E-state index contributed by atoms with van der Waals surface area (Å²) in [6.07, 6.45) is -0.686. The van der Waals surface area contributed by atoms with Gasteiger partial charge in [0.15, 0.2) is 0 Å². The van der Waals surface area contributed by atoms with Crippen molar-refractivity contribution < 1.29 is 34.8 Å². The van der Waals surface area contributed by atoms with Crippen LogP contribution in [0.4, 0.5) is 0 Å². The maximum atomic E-state index is 12.7. The van der Waals surface area contributed by atoms with E-state index in [2.05, 4.69) is 6.58 Å². The number of hydrogen-bond donors (Lipinski definition) is 4. The molecule has 4 N–H and O–H groups in total. The Morgan fingerprint density at radius 3 is 2.65 bits per heavy atom. The van der Waals surface area contributed by atoms with E-state index in [1.807, 2.05) is 0 Å². The van der Waals surface area contributed by atoms with Crippen molar-refractivity contribution in [3.8, 4) is 0 Å². The van der Waals surface area contributed by atoms with Crippen molar-refractivity contribution in [3.63, 3.8) is 0 Å². The highest BCUT2D eigenvalue weighted by Gasteiger charge is 2.85. The number of hydrogen-bond acceptors (Lipinski definition) is 6. The first kappa shape index (κ1) is 16.7. The summed E-state index contributed by atoms with van der Waals surface area (Å²) in [6, 6.07) is 0. The molecule has 0 aromatic heterocycles. The first-order valence-electron chi connectivity index (χ1n) is 9.27. The highest BCUT2D eigenvalue weighted by atomic mass is 16.6. The fourth-order valence-electron chi connectivity index (χ4n) is 7.62. The van der Waals surface area contributed by atoms with Gasteiger partial charge in [0, 0.05) is 11.8 Å². The first-order chi connectivity index (χ1) is 12.0. The standard InChI is InChI=1S/C19H24O7/c1-8-6-17-7-18(8,25)11(21)5-9(17)19-4-3-10(20)16(2,15(24)26-19)13(19)12(17)14(22)23/h9-13,20-21,25H,1,3-7H2,2H3,(H,22,23). The quantitative estimate of drug-likeness (QED) is 0.388. The summed E-state index contributed by atoms with van der Waals surface area (Å²) in [7, 11) is 0. The van der Waals surface area contributed by atoms with Crippen molar-refractivity contribution in [2.75, 3.05) is 0 Å². The number of fused-ring (bicyclic) bond motifs is 1. The number of carbonyl (C=O) groups excluding carboxylic acids is 1. The minimum absolute atomic E-state index is 0.115. The number of rotatable bonds is 1. The predicted molar refractivity (Wildman–Crippen MR) is 86.7 cm³/mol. The molecule has 7 nitrogen and oxygen atoms in total. The molecule has 5 fully saturated rings. The highest BCUT2D eigenvalue weighted by Crippen LogP contribution is 2.78. The van der Waals surface area contributed by atoms with Gasteiger partial charge in [0.05, 0.1) is 23.5 Å². The highest BCUT2D eigenvalue weighted by molar-refractivity contribution is 5.85. The number of aliphatic hydroxyl groups is 3. The van der Waals surface area contributed by atoms with Gasteiger partial charge in [-0.1, -0.05) is 6.58 Å². The molecular formula is C19H24O7. The molecule has 1 heterocycles. The van der Waals surface area contributed by atoms with Crippen LogP contribution < -0.4 is 0 Å². The van der Waals surface area contributed by atoms with Gasteiger partial charge in [-0.3, -0.25) is 9.59 Å². The fraction of sp³-hybridized carbons (Fsp3) is 0.789.